The summed E-state index contributed by atoms with van der Waals surface area (Å²) >= 11 is 1.53. The maximum Gasteiger partial charge on any atom is 0.319 e. The zero-order valence-electron chi connectivity index (χ0n) is 12.3. The molecule has 0 radical (unpaired) electrons. The number of anilines is 1. The van der Waals surface area contributed by atoms with Gasteiger partial charge in [-0.05, 0) is 24.6 Å². The van der Waals surface area contributed by atoms with Crippen LogP contribution in [0.1, 0.15) is 16.3 Å². The van der Waals surface area contributed by atoms with Gasteiger partial charge in [0.1, 0.15) is 0 Å². The lowest BCUT2D eigenvalue weighted by atomic mass is 10.2. The lowest BCUT2D eigenvalue weighted by molar-refractivity contribution is 0.251. The molecule has 0 saturated carbocycles. The Morgan fingerprint density at radius 2 is 1.95 bits per heavy atom. The van der Waals surface area contributed by atoms with E-state index in [-0.39, 0.29) is 11.8 Å². The summed E-state index contributed by atoms with van der Waals surface area (Å²) in [5, 5.41) is 8.25. The van der Waals surface area contributed by atoms with Gasteiger partial charge in [-0.3, -0.25) is 0 Å². The molecule has 2 N–H and O–H groups in total. The van der Waals surface area contributed by atoms with E-state index in [0.717, 1.165) is 10.7 Å². The van der Waals surface area contributed by atoms with Crippen molar-refractivity contribution < 1.29 is 13.2 Å². The second kappa shape index (κ2) is 6.89. The molecule has 1 heterocycles. The van der Waals surface area contributed by atoms with E-state index < -0.39 is 9.84 Å². The van der Waals surface area contributed by atoms with Crippen molar-refractivity contribution in [2.45, 2.75) is 19.2 Å². The van der Waals surface area contributed by atoms with E-state index in [1.165, 1.54) is 17.6 Å². The highest BCUT2D eigenvalue weighted by Crippen LogP contribution is 2.12. The molecule has 22 heavy (non-hydrogen) atoms. The van der Waals surface area contributed by atoms with Crippen molar-refractivity contribution in [1.29, 1.82) is 0 Å². The molecule has 0 fully saturated rings. The van der Waals surface area contributed by atoms with Crippen LogP contribution in [0.15, 0.2) is 29.6 Å². The molecule has 8 heteroatoms. The van der Waals surface area contributed by atoms with Crippen LogP contribution in [0.5, 0.6) is 0 Å². The first-order valence-electron chi connectivity index (χ1n) is 6.54. The van der Waals surface area contributed by atoms with Gasteiger partial charge in [-0.25, -0.2) is 18.2 Å². The van der Waals surface area contributed by atoms with Crippen molar-refractivity contribution in [2.75, 3.05) is 11.6 Å². The van der Waals surface area contributed by atoms with E-state index in [2.05, 4.69) is 15.6 Å². The second-order valence-electron chi connectivity index (χ2n) is 4.93. The maximum absolute atomic E-state index is 11.8. The topological polar surface area (TPSA) is 88.2 Å². The third-order valence-electron chi connectivity index (χ3n) is 2.74. The molecule has 0 saturated heterocycles. The zero-order chi connectivity index (χ0) is 16.2. The smallest absolute Gasteiger partial charge is 0.319 e. The Balaban J connectivity index is 1.86. The van der Waals surface area contributed by atoms with Crippen molar-refractivity contribution >= 4 is 32.9 Å². The SMILES string of the molecule is Cc1nc(CNC(=O)Nc2ccc(CS(C)(=O)=O)cc2)cs1. The van der Waals surface area contributed by atoms with E-state index >= 15 is 0 Å². The summed E-state index contributed by atoms with van der Waals surface area (Å²) in [5.41, 5.74) is 2.11. The fourth-order valence-corrected chi connectivity index (χ4v) is 3.23. The summed E-state index contributed by atoms with van der Waals surface area (Å²) in [5.74, 6) is -0.0113. The standard InChI is InChI=1S/C14H17N3O3S2/c1-10-16-13(8-21-10)7-15-14(18)17-12-5-3-11(4-6-12)9-22(2,19)20/h3-6,8H,7,9H2,1-2H3,(H2,15,17,18). The fourth-order valence-electron chi connectivity index (χ4n) is 1.82. The number of aromatic nitrogens is 1. The molecule has 2 aromatic rings. The van der Waals surface area contributed by atoms with Crippen LogP contribution in [-0.2, 0) is 22.1 Å². The first kappa shape index (κ1) is 16.4. The van der Waals surface area contributed by atoms with Crippen LogP contribution in [0.25, 0.3) is 0 Å². The molecule has 2 rings (SSSR count). The molecule has 0 unspecified atom stereocenters. The van der Waals surface area contributed by atoms with Gasteiger partial charge in [0.25, 0.3) is 0 Å². The summed E-state index contributed by atoms with van der Waals surface area (Å²) in [7, 11) is -3.06. The number of thiazole rings is 1. The number of carbonyl (C=O) groups is 1. The number of hydrogen-bond acceptors (Lipinski definition) is 5. The van der Waals surface area contributed by atoms with Crippen LogP contribution in [0.2, 0.25) is 0 Å². The number of aryl methyl sites for hydroxylation is 1. The van der Waals surface area contributed by atoms with Crippen LogP contribution in [-0.4, -0.2) is 25.7 Å². The molecular formula is C14H17N3O3S2. The molecule has 0 aliphatic rings. The van der Waals surface area contributed by atoms with Crippen molar-refractivity contribution in [3.63, 3.8) is 0 Å². The Bertz CT molecular complexity index is 752. The van der Waals surface area contributed by atoms with E-state index in [1.54, 1.807) is 24.3 Å². The lowest BCUT2D eigenvalue weighted by Crippen LogP contribution is -2.28. The van der Waals surface area contributed by atoms with Gasteiger partial charge in [-0.2, -0.15) is 0 Å². The van der Waals surface area contributed by atoms with E-state index in [1.807, 2.05) is 12.3 Å². The van der Waals surface area contributed by atoms with Crippen LogP contribution < -0.4 is 10.6 Å². The average molecular weight is 339 g/mol. The summed E-state index contributed by atoms with van der Waals surface area (Å²) in [4.78, 5) is 16.0. The third kappa shape index (κ3) is 5.45. The summed E-state index contributed by atoms with van der Waals surface area (Å²) in [6, 6.07) is 6.38. The number of nitrogens with zero attached hydrogens (tertiary/aromatic N) is 1. The minimum atomic E-state index is -3.06. The Labute approximate surface area is 133 Å². The van der Waals surface area contributed by atoms with Crippen LogP contribution >= 0.6 is 11.3 Å². The monoisotopic (exact) mass is 339 g/mol. The quantitative estimate of drug-likeness (QED) is 0.875. The number of benzene rings is 1. The van der Waals surface area contributed by atoms with Gasteiger partial charge in [0, 0.05) is 17.3 Å². The van der Waals surface area contributed by atoms with E-state index in [0.29, 0.717) is 17.8 Å². The summed E-state index contributed by atoms with van der Waals surface area (Å²) in [6.07, 6.45) is 1.19. The zero-order valence-corrected chi connectivity index (χ0v) is 13.9. The first-order chi connectivity index (χ1) is 10.3. The number of carbonyl (C=O) groups excluding carboxylic acids is 1. The number of urea groups is 1. The highest BCUT2D eigenvalue weighted by atomic mass is 32.2. The summed E-state index contributed by atoms with van der Waals surface area (Å²) < 4.78 is 22.4. The van der Waals surface area contributed by atoms with Crippen molar-refractivity contribution in [3.8, 4) is 0 Å². The number of hydrogen-bond donors (Lipinski definition) is 2. The van der Waals surface area contributed by atoms with Crippen molar-refractivity contribution in [2.24, 2.45) is 0 Å². The normalized spacial score (nSPS) is 11.2. The van der Waals surface area contributed by atoms with Crippen molar-refractivity contribution in [3.05, 3.63) is 45.9 Å². The largest absolute Gasteiger partial charge is 0.332 e. The minimum Gasteiger partial charge on any atom is -0.332 e. The molecule has 1 aromatic heterocycles. The third-order valence-corrected chi connectivity index (χ3v) is 4.42. The van der Waals surface area contributed by atoms with Gasteiger partial charge < -0.3 is 10.6 Å². The van der Waals surface area contributed by atoms with E-state index in [4.69, 9.17) is 0 Å². The predicted octanol–water partition coefficient (Wildman–Crippen LogP) is 2.32. The molecule has 1 aromatic carbocycles. The Kier molecular flexibility index (Phi) is 5.15. The molecule has 2 amide bonds. The van der Waals surface area contributed by atoms with Gasteiger partial charge in [-0.1, -0.05) is 12.1 Å². The molecule has 0 spiro atoms. The Morgan fingerprint density at radius 3 is 2.50 bits per heavy atom. The van der Waals surface area contributed by atoms with Gasteiger partial charge in [0.15, 0.2) is 9.84 Å². The maximum atomic E-state index is 11.8. The predicted molar refractivity (Wildman–Crippen MR) is 87.7 cm³/mol. The highest BCUT2D eigenvalue weighted by Gasteiger charge is 2.06. The number of sulfone groups is 1. The average Bonchev–Trinajstić information content (AvgIpc) is 2.83. The number of amides is 2. The van der Waals surface area contributed by atoms with E-state index in [9.17, 15) is 13.2 Å². The molecule has 0 atom stereocenters. The number of nitrogens with one attached hydrogen (secondary N) is 2. The van der Waals surface area contributed by atoms with Crippen LogP contribution in [0.4, 0.5) is 10.5 Å². The highest BCUT2D eigenvalue weighted by molar-refractivity contribution is 7.89. The van der Waals surface area contributed by atoms with Crippen LogP contribution in [0, 0.1) is 6.92 Å². The fraction of sp³-hybridized carbons (Fsp3) is 0.286. The molecule has 118 valence electrons. The van der Waals surface area contributed by atoms with Gasteiger partial charge in [0.05, 0.1) is 23.0 Å². The number of rotatable bonds is 5. The Morgan fingerprint density at radius 1 is 1.27 bits per heavy atom. The van der Waals surface area contributed by atoms with Gasteiger partial charge in [-0.15, -0.1) is 11.3 Å². The van der Waals surface area contributed by atoms with Crippen molar-refractivity contribution in [1.82, 2.24) is 10.3 Å². The minimum absolute atomic E-state index is 0.0113. The molecule has 0 aliphatic heterocycles. The van der Waals surface area contributed by atoms with Gasteiger partial charge >= 0.3 is 6.03 Å². The second-order valence-corrected chi connectivity index (χ2v) is 8.13. The molecule has 0 aliphatic carbocycles. The lowest BCUT2D eigenvalue weighted by Gasteiger charge is -2.07. The van der Waals surface area contributed by atoms with Gasteiger partial charge in [0.2, 0.25) is 0 Å². The van der Waals surface area contributed by atoms with Crippen LogP contribution in [0.3, 0.4) is 0 Å². The Hall–Kier alpha value is -1.93. The molecular weight excluding hydrogens is 322 g/mol. The molecule has 0 bridgehead atoms. The summed E-state index contributed by atoms with van der Waals surface area (Å²) in [6.45, 7) is 2.27. The first-order valence-corrected chi connectivity index (χ1v) is 9.48. The molecule has 6 nitrogen and oxygen atoms in total.